The molecule has 0 amide bonds. The molecule has 0 saturated carbocycles. The highest BCUT2D eigenvalue weighted by atomic mass is 35.5. The molecule has 9 nitrogen and oxygen atoms in total. The smallest absolute Gasteiger partial charge is 0.262 e. The molecular weight excluding hydrogens is 482 g/mol. The zero-order chi connectivity index (χ0) is 24.9. The van der Waals surface area contributed by atoms with Crippen LogP contribution < -0.4 is 24.3 Å². The van der Waals surface area contributed by atoms with E-state index in [1.807, 2.05) is 18.2 Å². The van der Waals surface area contributed by atoms with Gasteiger partial charge in [0.2, 0.25) is 12.5 Å². The van der Waals surface area contributed by atoms with Gasteiger partial charge in [-0.1, -0.05) is 17.5 Å². The minimum absolute atomic E-state index is 0.102. The van der Waals surface area contributed by atoms with Crippen LogP contribution in [-0.2, 0) is 0 Å². The van der Waals surface area contributed by atoms with Gasteiger partial charge in [-0.05, 0) is 18.6 Å². The number of anilines is 2. The lowest BCUT2D eigenvalue weighted by molar-refractivity contribution is 0.136. The Balaban J connectivity index is 1.26. The first-order chi connectivity index (χ1) is 17.7. The second-order valence-corrected chi connectivity index (χ2v) is 8.96. The first-order valence-electron chi connectivity index (χ1n) is 11.8. The Morgan fingerprint density at radius 2 is 1.97 bits per heavy atom. The minimum Gasteiger partial charge on any atom is -0.493 e. The van der Waals surface area contributed by atoms with Crippen molar-refractivity contribution in [3.05, 3.63) is 35.6 Å². The molecule has 4 heterocycles. The summed E-state index contributed by atoms with van der Waals surface area (Å²) in [5.41, 5.74) is 2.14. The van der Waals surface area contributed by atoms with E-state index < -0.39 is 0 Å². The number of aromatic nitrogens is 2. The average molecular weight is 510 g/mol. The van der Waals surface area contributed by atoms with Crippen LogP contribution >= 0.6 is 11.6 Å². The molecule has 0 radical (unpaired) electrons. The summed E-state index contributed by atoms with van der Waals surface area (Å²) in [5, 5.41) is 4.63. The number of nitrogens with one attached hydrogen (secondary N) is 1. The first-order valence-corrected chi connectivity index (χ1v) is 12.2. The van der Waals surface area contributed by atoms with Crippen LogP contribution in [0.15, 0.2) is 30.6 Å². The number of hydrogen-bond donors (Lipinski definition) is 1. The summed E-state index contributed by atoms with van der Waals surface area (Å²) in [4.78, 5) is 13.4. The van der Waals surface area contributed by atoms with Crippen LogP contribution in [-0.4, -0.2) is 79.5 Å². The van der Waals surface area contributed by atoms with Gasteiger partial charge in [-0.2, -0.15) is 0 Å². The van der Waals surface area contributed by atoms with Crippen LogP contribution in [0, 0.1) is 12.3 Å². The van der Waals surface area contributed by atoms with Crippen LogP contribution in [0.4, 0.5) is 11.4 Å². The molecule has 36 heavy (non-hydrogen) atoms. The highest BCUT2D eigenvalue weighted by Crippen LogP contribution is 2.44. The lowest BCUT2D eigenvalue weighted by Crippen LogP contribution is -2.46. The quantitative estimate of drug-likeness (QED) is 0.342. The van der Waals surface area contributed by atoms with Gasteiger partial charge in [0.1, 0.15) is 5.69 Å². The number of hydrogen-bond acceptors (Lipinski definition) is 9. The third-order valence-corrected chi connectivity index (χ3v) is 6.58. The Morgan fingerprint density at radius 1 is 1.14 bits per heavy atom. The molecule has 0 aliphatic carbocycles. The molecule has 1 fully saturated rings. The van der Waals surface area contributed by atoms with Crippen molar-refractivity contribution in [2.45, 2.75) is 6.42 Å². The van der Waals surface area contributed by atoms with Crippen molar-refractivity contribution in [1.29, 1.82) is 0 Å². The van der Waals surface area contributed by atoms with Gasteiger partial charge in [-0.15, -0.1) is 6.42 Å². The highest BCUT2D eigenvalue weighted by Gasteiger charge is 2.23. The van der Waals surface area contributed by atoms with E-state index >= 15 is 0 Å². The third kappa shape index (κ3) is 5.21. The molecule has 10 heteroatoms. The molecule has 2 aliphatic heterocycles. The fourth-order valence-electron chi connectivity index (χ4n) is 4.39. The monoisotopic (exact) mass is 509 g/mol. The number of terminal acetylenes is 1. The van der Waals surface area contributed by atoms with E-state index in [2.05, 4.69) is 31.0 Å². The number of fused-ring (bicyclic) bond motifs is 2. The Bertz CT molecular complexity index is 1270. The first kappa shape index (κ1) is 24.3. The summed E-state index contributed by atoms with van der Waals surface area (Å²) >= 11 is 6.41. The summed E-state index contributed by atoms with van der Waals surface area (Å²) in [7, 11) is 1.63. The predicted octanol–water partition coefficient (Wildman–Crippen LogP) is 3.78. The summed E-state index contributed by atoms with van der Waals surface area (Å²) in [5.74, 6) is 4.90. The van der Waals surface area contributed by atoms with Gasteiger partial charge in [-0.25, -0.2) is 4.98 Å². The SMILES string of the molecule is C#CCN1CCN(CCCOc2cc3nccc(Nc4c(Cl)cnc5c4OCO5)c3cc2OC)CC1. The fraction of sp³-hybridized carbons (Fsp3) is 0.385. The molecule has 1 saturated heterocycles. The maximum absolute atomic E-state index is 6.41. The standard InChI is InChI=1S/C26H28ClN5O4/c1-3-7-31-9-11-32(12-10-31)8-4-13-34-23-15-21-18(14-22(23)33-2)20(5-6-28-21)30-24-19(27)16-29-26-25(24)35-17-36-26/h1,5-6,14-16H,4,7-13,17H2,2H3,(H,28,29,30). The highest BCUT2D eigenvalue weighted by molar-refractivity contribution is 6.33. The second-order valence-electron chi connectivity index (χ2n) is 8.55. The van der Waals surface area contributed by atoms with Gasteiger partial charge in [0.15, 0.2) is 11.5 Å². The largest absolute Gasteiger partial charge is 0.493 e. The average Bonchev–Trinajstić information content (AvgIpc) is 3.38. The topological polar surface area (TPSA) is 81.2 Å². The molecule has 1 N–H and O–H groups in total. The van der Waals surface area contributed by atoms with Crippen LogP contribution in [0.5, 0.6) is 23.1 Å². The second kappa shape index (κ2) is 11.1. The maximum atomic E-state index is 6.41. The number of piperazine rings is 1. The number of rotatable bonds is 9. The minimum atomic E-state index is 0.102. The van der Waals surface area contributed by atoms with Crippen molar-refractivity contribution in [3.8, 4) is 35.5 Å². The van der Waals surface area contributed by atoms with Crippen LogP contribution in [0.3, 0.4) is 0 Å². The van der Waals surface area contributed by atoms with Crippen molar-refractivity contribution in [3.63, 3.8) is 0 Å². The summed E-state index contributed by atoms with van der Waals surface area (Å²) < 4.78 is 22.7. The molecule has 0 bridgehead atoms. The molecule has 2 aromatic heterocycles. The van der Waals surface area contributed by atoms with Gasteiger partial charge in [0.05, 0.1) is 37.0 Å². The van der Waals surface area contributed by atoms with Gasteiger partial charge in [0.25, 0.3) is 5.88 Å². The van der Waals surface area contributed by atoms with Crippen LogP contribution in [0.2, 0.25) is 5.02 Å². The normalized spacial score (nSPS) is 15.6. The molecule has 2 aliphatic rings. The maximum Gasteiger partial charge on any atom is 0.262 e. The number of methoxy groups -OCH3 is 1. The Labute approximate surface area is 215 Å². The van der Waals surface area contributed by atoms with E-state index in [1.54, 1.807) is 13.3 Å². The number of pyridine rings is 2. The van der Waals surface area contributed by atoms with Crippen molar-refractivity contribution >= 4 is 33.9 Å². The van der Waals surface area contributed by atoms with Crippen LogP contribution in [0.25, 0.3) is 10.9 Å². The summed E-state index contributed by atoms with van der Waals surface area (Å²) in [6.45, 7) is 6.48. The summed E-state index contributed by atoms with van der Waals surface area (Å²) in [6.07, 6.45) is 9.59. The van der Waals surface area contributed by atoms with E-state index in [4.69, 9.17) is 37.0 Å². The molecule has 0 spiro atoms. The zero-order valence-electron chi connectivity index (χ0n) is 20.1. The Morgan fingerprint density at radius 3 is 2.78 bits per heavy atom. The molecule has 1 aromatic carbocycles. The number of ether oxygens (including phenoxy) is 4. The molecule has 188 valence electrons. The lowest BCUT2D eigenvalue weighted by Gasteiger charge is -2.33. The van der Waals surface area contributed by atoms with Gasteiger partial charge < -0.3 is 29.2 Å². The molecule has 5 rings (SSSR count). The Kier molecular flexibility index (Phi) is 7.47. The van der Waals surface area contributed by atoms with Crippen molar-refractivity contribution < 1.29 is 18.9 Å². The number of benzene rings is 1. The van der Waals surface area contributed by atoms with Gasteiger partial charge in [-0.3, -0.25) is 9.88 Å². The fourth-order valence-corrected chi connectivity index (χ4v) is 4.57. The number of halogens is 1. The zero-order valence-corrected chi connectivity index (χ0v) is 20.9. The van der Waals surface area contributed by atoms with E-state index in [1.165, 1.54) is 6.20 Å². The van der Waals surface area contributed by atoms with E-state index in [-0.39, 0.29) is 6.79 Å². The lowest BCUT2D eigenvalue weighted by atomic mass is 10.1. The molecule has 3 aromatic rings. The van der Waals surface area contributed by atoms with E-state index in [0.29, 0.717) is 40.4 Å². The van der Waals surface area contributed by atoms with Crippen molar-refractivity contribution in [1.82, 2.24) is 19.8 Å². The van der Waals surface area contributed by atoms with E-state index in [9.17, 15) is 0 Å². The number of nitrogens with zero attached hydrogens (tertiary/aromatic N) is 4. The van der Waals surface area contributed by atoms with Gasteiger partial charge in [0, 0.05) is 56.1 Å². The van der Waals surface area contributed by atoms with E-state index in [0.717, 1.165) is 62.3 Å². The summed E-state index contributed by atoms with van der Waals surface area (Å²) in [6, 6.07) is 5.68. The predicted molar refractivity (Wildman–Crippen MR) is 139 cm³/mol. The van der Waals surface area contributed by atoms with Crippen molar-refractivity contribution in [2.24, 2.45) is 0 Å². The molecular formula is C26H28ClN5O4. The third-order valence-electron chi connectivity index (χ3n) is 6.30. The Hall–Kier alpha value is -3.45. The molecule has 0 unspecified atom stereocenters. The van der Waals surface area contributed by atoms with Gasteiger partial charge >= 0.3 is 0 Å². The molecule has 0 atom stereocenters. The van der Waals surface area contributed by atoms with Crippen LogP contribution in [0.1, 0.15) is 6.42 Å². The van der Waals surface area contributed by atoms with Crippen molar-refractivity contribution in [2.75, 3.05) is 65.1 Å².